The second kappa shape index (κ2) is 6.08. The van der Waals surface area contributed by atoms with Gasteiger partial charge in [-0.25, -0.2) is 0 Å². The number of nitrogens with zero attached hydrogens (tertiary/aromatic N) is 1. The Balaban J connectivity index is 1.81. The van der Waals surface area contributed by atoms with Crippen LogP contribution in [0.3, 0.4) is 0 Å². The van der Waals surface area contributed by atoms with Gasteiger partial charge in [0.2, 0.25) is 0 Å². The molecule has 0 aliphatic carbocycles. The number of phosphoric acid groups is 1. The number of phosphoric ester groups is 1. The van der Waals surface area contributed by atoms with Crippen LogP contribution in [0.4, 0.5) is 0 Å². The molecule has 0 aromatic carbocycles. The first-order chi connectivity index (χ1) is 10.7. The Labute approximate surface area is 138 Å². The third-order valence-corrected chi connectivity index (χ3v) is 6.14. The van der Waals surface area contributed by atoms with Crippen LogP contribution < -0.4 is 4.89 Å². The molecule has 2 saturated heterocycles. The van der Waals surface area contributed by atoms with Gasteiger partial charge < -0.3 is 0 Å². The van der Waals surface area contributed by atoms with E-state index >= 15 is 0 Å². The number of ether oxygens (including phenoxy) is 3. The molecule has 2 aliphatic rings. The molecule has 0 amide bonds. The first kappa shape index (κ1) is 17.3. The van der Waals surface area contributed by atoms with Crippen LogP contribution in [0.2, 0.25) is 0 Å². The molecule has 5 atom stereocenters. The minimum atomic E-state index is -4.84. The van der Waals surface area contributed by atoms with Crippen LogP contribution in [-0.2, 0) is 23.3 Å². The van der Waals surface area contributed by atoms with Gasteiger partial charge in [0, 0.05) is 0 Å². The Hall–Kier alpha value is -0.521. The zero-order chi connectivity index (χ0) is 16.8. The van der Waals surface area contributed by atoms with Gasteiger partial charge in [0.1, 0.15) is 0 Å². The second-order valence-corrected chi connectivity index (χ2v) is 8.95. The van der Waals surface area contributed by atoms with Crippen molar-refractivity contribution in [2.24, 2.45) is 0 Å². The van der Waals surface area contributed by atoms with Crippen molar-refractivity contribution in [1.82, 2.24) is 0 Å². The molecular weight excluding hydrogens is 392 g/mol. The molecule has 0 radical (unpaired) electrons. The summed E-state index contributed by atoms with van der Waals surface area (Å²) in [7, 11) is -4.84. The number of rotatable bonds is 4. The molecule has 0 saturated carbocycles. The van der Waals surface area contributed by atoms with Crippen LogP contribution in [0.1, 0.15) is 30.0 Å². The van der Waals surface area contributed by atoms with Crippen LogP contribution in [-0.4, -0.2) is 50.1 Å². The molecule has 0 bridgehead atoms. The Morgan fingerprint density at radius 1 is 1.52 bits per heavy atom. The van der Waals surface area contributed by atoms with E-state index in [9.17, 15) is 9.46 Å². The molecule has 1 aromatic heterocycles. The maximum atomic E-state index is 10.8. The standard InChI is InChI=1S/C13H16NO7PSe/c1-13(2)20-10-8(5-18-22(15,16)17)19-11(12(10)21-13)9-3-7(4-14)6-23-9/h3,6,8,10-12H,5H2,1-2H3,(H2,15,16,17)/p-1/t8-,10-,11+,12-/m1/s1. The number of fused-ring (bicyclic) bond motifs is 1. The maximum absolute atomic E-state index is 10.8. The van der Waals surface area contributed by atoms with E-state index < -0.39 is 38.0 Å². The average molecular weight is 407 g/mol. The molecule has 3 rings (SSSR count). The van der Waals surface area contributed by atoms with Gasteiger partial charge in [-0.05, 0) is 0 Å². The van der Waals surface area contributed by atoms with Crippen molar-refractivity contribution < 1.29 is 33.1 Å². The van der Waals surface area contributed by atoms with Crippen molar-refractivity contribution in [3.05, 3.63) is 21.0 Å². The molecule has 3 heterocycles. The van der Waals surface area contributed by atoms with Gasteiger partial charge in [-0.15, -0.1) is 0 Å². The number of hydrogen-bond acceptors (Lipinski definition) is 7. The quantitative estimate of drug-likeness (QED) is 0.549. The van der Waals surface area contributed by atoms with E-state index in [2.05, 4.69) is 10.6 Å². The van der Waals surface area contributed by atoms with Gasteiger partial charge in [0.15, 0.2) is 0 Å². The predicted molar refractivity (Wildman–Crippen MR) is 75.3 cm³/mol. The van der Waals surface area contributed by atoms with E-state index in [-0.39, 0.29) is 21.1 Å². The zero-order valence-electron chi connectivity index (χ0n) is 12.4. The summed E-state index contributed by atoms with van der Waals surface area (Å²) in [5.74, 6) is -0.826. The zero-order valence-corrected chi connectivity index (χ0v) is 15.0. The molecule has 2 aliphatic heterocycles. The predicted octanol–water partition coefficient (Wildman–Crippen LogP) is 0.0526. The van der Waals surface area contributed by atoms with E-state index in [0.29, 0.717) is 5.56 Å². The van der Waals surface area contributed by atoms with Gasteiger partial charge >= 0.3 is 138 Å². The van der Waals surface area contributed by atoms with Gasteiger partial charge in [-0.2, -0.15) is 0 Å². The van der Waals surface area contributed by atoms with E-state index in [1.807, 2.05) is 4.94 Å². The molecule has 1 N–H and O–H groups in total. The fourth-order valence-electron chi connectivity index (χ4n) is 2.77. The Morgan fingerprint density at radius 3 is 2.83 bits per heavy atom. The summed E-state index contributed by atoms with van der Waals surface area (Å²) in [6, 6.07) is 3.85. The van der Waals surface area contributed by atoms with Gasteiger partial charge in [0.05, 0.1) is 0 Å². The fourth-order valence-corrected chi connectivity index (χ4v) is 5.00. The van der Waals surface area contributed by atoms with E-state index in [0.717, 1.165) is 4.44 Å². The topological polar surface area (TPSA) is 121 Å². The summed E-state index contributed by atoms with van der Waals surface area (Å²) >= 11 is -0.0308. The molecule has 23 heavy (non-hydrogen) atoms. The minimum absolute atomic E-state index is 0.0308. The molecule has 0 spiro atoms. The summed E-state index contributed by atoms with van der Waals surface area (Å²) in [6.07, 6.45) is -2.04. The summed E-state index contributed by atoms with van der Waals surface area (Å²) in [4.78, 5) is 21.4. The summed E-state index contributed by atoms with van der Waals surface area (Å²) < 4.78 is 33.7. The second-order valence-electron chi connectivity index (χ2n) is 5.77. The SMILES string of the molecule is CC1(C)O[C@@H]2[C@H](O1)[C@@H](COP(=O)([O-])O)O[C@H]2c1cc(C#N)c[se]1. The van der Waals surface area contributed by atoms with Crippen molar-refractivity contribution in [3.63, 3.8) is 0 Å². The molecule has 1 aromatic rings. The van der Waals surface area contributed by atoms with Gasteiger partial charge in [-0.1, -0.05) is 0 Å². The number of hydrogen-bond donors (Lipinski definition) is 1. The van der Waals surface area contributed by atoms with Crippen molar-refractivity contribution in [2.45, 2.75) is 44.1 Å². The molecular formula is C13H15NO7PSe-. The van der Waals surface area contributed by atoms with E-state index in [4.69, 9.17) is 24.4 Å². The summed E-state index contributed by atoms with van der Waals surface area (Å²) in [5, 5.41) is 8.96. The Kier molecular flexibility index (Phi) is 4.58. The van der Waals surface area contributed by atoms with E-state index in [1.54, 1.807) is 19.9 Å². The summed E-state index contributed by atoms with van der Waals surface area (Å²) in [5.41, 5.74) is 0.581. The van der Waals surface area contributed by atoms with Crippen LogP contribution >= 0.6 is 7.82 Å². The third kappa shape index (κ3) is 3.77. The first-order valence-corrected chi connectivity index (χ1v) is 10.2. The van der Waals surface area contributed by atoms with Crippen molar-refractivity contribution >= 4 is 22.3 Å². The monoisotopic (exact) mass is 408 g/mol. The average Bonchev–Trinajstić information content (AvgIpc) is 3.08. The summed E-state index contributed by atoms with van der Waals surface area (Å²) in [6.45, 7) is 3.17. The Morgan fingerprint density at radius 2 is 2.22 bits per heavy atom. The third-order valence-electron chi connectivity index (χ3n) is 3.58. The molecule has 10 heteroatoms. The molecule has 126 valence electrons. The van der Waals surface area contributed by atoms with Gasteiger partial charge in [0.25, 0.3) is 0 Å². The van der Waals surface area contributed by atoms with Crippen molar-refractivity contribution in [1.29, 1.82) is 5.26 Å². The van der Waals surface area contributed by atoms with Crippen LogP contribution in [0.25, 0.3) is 0 Å². The van der Waals surface area contributed by atoms with Crippen LogP contribution in [0.15, 0.2) is 11.0 Å². The molecule has 1 unspecified atom stereocenters. The molecule has 8 nitrogen and oxygen atoms in total. The normalized spacial score (nSPS) is 34.7. The van der Waals surface area contributed by atoms with Crippen molar-refractivity contribution in [2.75, 3.05) is 6.61 Å². The van der Waals surface area contributed by atoms with Crippen LogP contribution in [0, 0.1) is 11.3 Å². The first-order valence-electron chi connectivity index (χ1n) is 6.86. The number of nitriles is 1. The Bertz CT molecular complexity index is 678. The van der Waals surface area contributed by atoms with Crippen molar-refractivity contribution in [3.8, 4) is 6.07 Å². The van der Waals surface area contributed by atoms with E-state index in [1.165, 1.54) is 0 Å². The fraction of sp³-hybridized carbons (Fsp3) is 0.615. The van der Waals surface area contributed by atoms with Crippen LogP contribution in [0.5, 0.6) is 0 Å². The molecule has 2 fully saturated rings. The van der Waals surface area contributed by atoms with Gasteiger partial charge in [-0.3, -0.25) is 0 Å².